The van der Waals surface area contributed by atoms with Gasteiger partial charge in [0.05, 0.1) is 20.6 Å². The lowest BCUT2D eigenvalue weighted by Crippen LogP contribution is -2.43. The van der Waals surface area contributed by atoms with Gasteiger partial charge in [0.1, 0.15) is 6.04 Å². The Hall–Kier alpha value is -2.14. The predicted molar refractivity (Wildman–Crippen MR) is 79.5 cm³/mol. The molecule has 0 fully saturated rings. The molecule has 0 aliphatic heterocycles. The molecular formula is C16H21NO4. The van der Waals surface area contributed by atoms with E-state index in [-0.39, 0.29) is 6.42 Å². The van der Waals surface area contributed by atoms with E-state index in [2.05, 4.69) is 11.3 Å². The first kappa shape index (κ1) is 16.9. The second-order valence-corrected chi connectivity index (χ2v) is 4.52. The standard InChI is InChI=1S/C16H21NO4/c1-4-10-17(12-13-8-6-5-7-9-13)14(16(19)21-3)11-15(18)20-2/h4-9,14H,1,10-12H2,2-3H3/t14-/m0/s1. The summed E-state index contributed by atoms with van der Waals surface area (Å²) in [6.45, 7) is 4.68. The van der Waals surface area contributed by atoms with Gasteiger partial charge in [-0.1, -0.05) is 36.4 Å². The number of ether oxygens (including phenoxy) is 2. The zero-order valence-electron chi connectivity index (χ0n) is 12.5. The Morgan fingerprint density at radius 2 is 1.90 bits per heavy atom. The molecule has 0 N–H and O–H groups in total. The second-order valence-electron chi connectivity index (χ2n) is 4.52. The number of hydrogen-bond donors (Lipinski definition) is 0. The first-order valence-corrected chi connectivity index (χ1v) is 6.65. The highest BCUT2D eigenvalue weighted by molar-refractivity contribution is 5.82. The van der Waals surface area contributed by atoms with Crippen LogP contribution in [-0.2, 0) is 25.6 Å². The molecule has 0 radical (unpaired) electrons. The fourth-order valence-electron chi connectivity index (χ4n) is 2.02. The lowest BCUT2D eigenvalue weighted by molar-refractivity contribution is -0.153. The molecule has 0 bridgehead atoms. The molecule has 1 rings (SSSR count). The van der Waals surface area contributed by atoms with Crippen LogP contribution in [0.1, 0.15) is 12.0 Å². The van der Waals surface area contributed by atoms with Gasteiger partial charge in [-0.25, -0.2) is 0 Å². The molecule has 0 amide bonds. The van der Waals surface area contributed by atoms with Gasteiger partial charge in [-0.05, 0) is 5.56 Å². The fraction of sp³-hybridized carbons (Fsp3) is 0.375. The molecule has 0 aliphatic rings. The molecule has 5 heteroatoms. The van der Waals surface area contributed by atoms with Crippen molar-refractivity contribution >= 4 is 11.9 Å². The zero-order chi connectivity index (χ0) is 15.7. The van der Waals surface area contributed by atoms with Crippen LogP contribution >= 0.6 is 0 Å². The van der Waals surface area contributed by atoms with Gasteiger partial charge >= 0.3 is 11.9 Å². The van der Waals surface area contributed by atoms with Gasteiger partial charge in [-0.2, -0.15) is 0 Å². The Morgan fingerprint density at radius 1 is 1.24 bits per heavy atom. The maximum absolute atomic E-state index is 12.0. The number of hydrogen-bond acceptors (Lipinski definition) is 5. The Labute approximate surface area is 125 Å². The van der Waals surface area contributed by atoms with Crippen molar-refractivity contribution in [3.05, 3.63) is 48.6 Å². The van der Waals surface area contributed by atoms with Gasteiger partial charge in [-0.3, -0.25) is 14.5 Å². The summed E-state index contributed by atoms with van der Waals surface area (Å²) in [6.07, 6.45) is 1.64. The monoisotopic (exact) mass is 291 g/mol. The number of benzene rings is 1. The number of carbonyl (C=O) groups excluding carboxylic acids is 2. The largest absolute Gasteiger partial charge is 0.469 e. The highest BCUT2D eigenvalue weighted by Crippen LogP contribution is 2.13. The number of rotatable bonds is 8. The average Bonchev–Trinajstić information content (AvgIpc) is 2.52. The van der Waals surface area contributed by atoms with E-state index in [0.717, 1.165) is 5.56 Å². The minimum atomic E-state index is -0.694. The first-order chi connectivity index (χ1) is 10.1. The molecule has 1 aromatic rings. The van der Waals surface area contributed by atoms with E-state index in [1.807, 2.05) is 35.2 Å². The van der Waals surface area contributed by atoms with Crippen LogP contribution in [0.3, 0.4) is 0 Å². The molecule has 0 aliphatic carbocycles. The van der Waals surface area contributed by atoms with Crippen molar-refractivity contribution in [2.75, 3.05) is 20.8 Å². The highest BCUT2D eigenvalue weighted by atomic mass is 16.5. The predicted octanol–water partition coefficient (Wildman–Crippen LogP) is 1.78. The molecule has 0 saturated heterocycles. The van der Waals surface area contributed by atoms with Crippen LogP contribution in [0.5, 0.6) is 0 Å². The maximum Gasteiger partial charge on any atom is 0.323 e. The Bertz CT molecular complexity index is 472. The Kier molecular flexibility index (Phi) is 7.18. The molecule has 0 aromatic heterocycles. The van der Waals surface area contributed by atoms with Crippen LogP contribution in [0.4, 0.5) is 0 Å². The molecule has 21 heavy (non-hydrogen) atoms. The molecular weight excluding hydrogens is 270 g/mol. The zero-order valence-corrected chi connectivity index (χ0v) is 12.5. The smallest absolute Gasteiger partial charge is 0.323 e. The minimum Gasteiger partial charge on any atom is -0.469 e. The number of esters is 2. The topological polar surface area (TPSA) is 55.8 Å². The van der Waals surface area contributed by atoms with E-state index in [1.54, 1.807) is 6.08 Å². The lowest BCUT2D eigenvalue weighted by Gasteiger charge is -2.28. The summed E-state index contributed by atoms with van der Waals surface area (Å²) >= 11 is 0. The summed E-state index contributed by atoms with van der Waals surface area (Å²) in [6, 6.07) is 9.00. The summed E-state index contributed by atoms with van der Waals surface area (Å²) in [4.78, 5) is 25.3. The van der Waals surface area contributed by atoms with E-state index < -0.39 is 18.0 Å². The number of nitrogens with zero attached hydrogens (tertiary/aromatic N) is 1. The summed E-state index contributed by atoms with van der Waals surface area (Å²) in [5.41, 5.74) is 1.04. The highest BCUT2D eigenvalue weighted by Gasteiger charge is 2.29. The van der Waals surface area contributed by atoms with Crippen molar-refractivity contribution in [3.8, 4) is 0 Å². The molecule has 1 atom stereocenters. The summed E-state index contributed by atoms with van der Waals surface area (Å²) in [7, 11) is 2.60. The first-order valence-electron chi connectivity index (χ1n) is 6.65. The summed E-state index contributed by atoms with van der Waals surface area (Å²) in [5, 5.41) is 0. The second kappa shape index (κ2) is 8.92. The lowest BCUT2D eigenvalue weighted by atomic mass is 10.1. The Morgan fingerprint density at radius 3 is 2.43 bits per heavy atom. The van der Waals surface area contributed by atoms with Crippen LogP contribution in [0.2, 0.25) is 0 Å². The number of carbonyl (C=O) groups is 2. The molecule has 1 aromatic carbocycles. The molecule has 0 saturated carbocycles. The van der Waals surface area contributed by atoms with Crippen LogP contribution in [0.25, 0.3) is 0 Å². The minimum absolute atomic E-state index is 0.0517. The third-order valence-electron chi connectivity index (χ3n) is 3.09. The number of methoxy groups -OCH3 is 2. The van der Waals surface area contributed by atoms with Crippen LogP contribution < -0.4 is 0 Å². The third-order valence-corrected chi connectivity index (χ3v) is 3.09. The Balaban J connectivity index is 2.92. The third kappa shape index (κ3) is 5.39. The van der Waals surface area contributed by atoms with Crippen molar-refractivity contribution in [3.63, 3.8) is 0 Å². The van der Waals surface area contributed by atoms with Crippen molar-refractivity contribution in [2.24, 2.45) is 0 Å². The van der Waals surface area contributed by atoms with E-state index in [4.69, 9.17) is 4.74 Å². The van der Waals surface area contributed by atoms with Gasteiger partial charge in [0, 0.05) is 13.1 Å². The molecule has 0 spiro atoms. The quantitative estimate of drug-likeness (QED) is 0.540. The van der Waals surface area contributed by atoms with E-state index in [9.17, 15) is 9.59 Å². The normalized spacial score (nSPS) is 11.8. The van der Waals surface area contributed by atoms with Crippen LogP contribution in [0.15, 0.2) is 43.0 Å². The van der Waals surface area contributed by atoms with E-state index >= 15 is 0 Å². The maximum atomic E-state index is 12.0. The van der Waals surface area contributed by atoms with Gasteiger partial charge < -0.3 is 9.47 Å². The molecule has 114 valence electrons. The fourth-order valence-corrected chi connectivity index (χ4v) is 2.02. The van der Waals surface area contributed by atoms with Gasteiger partial charge in [0.2, 0.25) is 0 Å². The van der Waals surface area contributed by atoms with Crippen molar-refractivity contribution < 1.29 is 19.1 Å². The summed E-state index contributed by atoms with van der Waals surface area (Å²) < 4.78 is 9.45. The average molecular weight is 291 g/mol. The molecule has 0 heterocycles. The van der Waals surface area contributed by atoms with Crippen LogP contribution in [0, 0.1) is 0 Å². The van der Waals surface area contributed by atoms with E-state index in [1.165, 1.54) is 14.2 Å². The van der Waals surface area contributed by atoms with Gasteiger partial charge in [0.15, 0.2) is 0 Å². The van der Waals surface area contributed by atoms with Crippen molar-refractivity contribution in [1.82, 2.24) is 4.90 Å². The van der Waals surface area contributed by atoms with Crippen molar-refractivity contribution in [1.29, 1.82) is 0 Å². The van der Waals surface area contributed by atoms with Gasteiger partial charge in [0.25, 0.3) is 0 Å². The van der Waals surface area contributed by atoms with Gasteiger partial charge in [-0.15, -0.1) is 6.58 Å². The SMILES string of the molecule is C=CCN(Cc1ccccc1)[C@@H](CC(=O)OC)C(=O)OC. The van der Waals surface area contributed by atoms with Crippen molar-refractivity contribution in [2.45, 2.75) is 19.0 Å². The molecule has 5 nitrogen and oxygen atoms in total. The van der Waals surface area contributed by atoms with E-state index in [0.29, 0.717) is 13.1 Å². The van der Waals surface area contributed by atoms with Crippen LogP contribution in [-0.4, -0.2) is 43.6 Å². The molecule has 0 unspecified atom stereocenters. The summed E-state index contributed by atoms with van der Waals surface area (Å²) in [5.74, 6) is -0.911.